The van der Waals surface area contributed by atoms with Crippen LogP contribution in [0.25, 0.3) is 0 Å². The zero-order valence-corrected chi connectivity index (χ0v) is 14.2. The molecule has 2 saturated carbocycles. The minimum Gasteiger partial charge on any atom is -0.508 e. The summed E-state index contributed by atoms with van der Waals surface area (Å²) < 4.78 is 6.17. The van der Waals surface area contributed by atoms with Crippen molar-refractivity contribution in [3.8, 4) is 5.75 Å². The molecule has 0 radical (unpaired) electrons. The zero-order chi connectivity index (χ0) is 16.6. The van der Waals surface area contributed by atoms with E-state index in [1.54, 1.807) is 6.07 Å². The summed E-state index contributed by atoms with van der Waals surface area (Å²) in [5, 5.41) is 13.0. The highest BCUT2D eigenvalue weighted by Crippen LogP contribution is 2.55. The molecule has 4 nitrogen and oxygen atoms in total. The number of benzene rings is 1. The number of ether oxygens (including phenoxy) is 1. The van der Waals surface area contributed by atoms with Crippen LogP contribution in [0.2, 0.25) is 0 Å². The number of rotatable bonds is 2. The average Bonchev–Trinajstić information content (AvgIpc) is 2.63. The summed E-state index contributed by atoms with van der Waals surface area (Å²) in [4.78, 5) is 12.4. The molecule has 1 aromatic rings. The van der Waals surface area contributed by atoms with Crippen LogP contribution < -0.4 is 5.32 Å². The van der Waals surface area contributed by atoms with Gasteiger partial charge in [0.2, 0.25) is 0 Å². The molecule has 2 fully saturated rings. The van der Waals surface area contributed by atoms with Crippen LogP contribution in [0.5, 0.6) is 5.75 Å². The minimum atomic E-state index is -0.558. The van der Waals surface area contributed by atoms with E-state index in [4.69, 9.17) is 4.74 Å². The number of anilines is 1. The van der Waals surface area contributed by atoms with Gasteiger partial charge in [-0.15, -0.1) is 0 Å². The number of hydrogen-bond donors (Lipinski definition) is 2. The number of hydrogen-bond acceptors (Lipinski definition) is 3. The Hall–Kier alpha value is -1.71. The van der Waals surface area contributed by atoms with Gasteiger partial charge in [0.05, 0.1) is 5.69 Å². The van der Waals surface area contributed by atoms with E-state index in [9.17, 15) is 9.90 Å². The van der Waals surface area contributed by atoms with Crippen molar-refractivity contribution in [3.63, 3.8) is 0 Å². The van der Waals surface area contributed by atoms with E-state index in [1.165, 1.54) is 38.5 Å². The van der Waals surface area contributed by atoms with Crippen LogP contribution in [0, 0.1) is 11.8 Å². The van der Waals surface area contributed by atoms with Gasteiger partial charge in [-0.05, 0) is 43.9 Å². The third kappa shape index (κ3) is 2.56. The molecule has 3 aliphatic rings. The van der Waals surface area contributed by atoms with Gasteiger partial charge < -0.3 is 9.84 Å². The maximum atomic E-state index is 12.4. The van der Waals surface area contributed by atoms with Gasteiger partial charge in [-0.3, -0.25) is 5.32 Å². The molecule has 1 aliphatic heterocycles. The monoisotopic (exact) mass is 329 g/mol. The lowest BCUT2D eigenvalue weighted by Crippen LogP contribution is -2.51. The number of carbonyl (C=O) groups excluding carboxylic acids is 1. The van der Waals surface area contributed by atoms with Crippen molar-refractivity contribution in [3.05, 3.63) is 23.8 Å². The fraction of sp³-hybridized carbons (Fsp3) is 0.650. The summed E-state index contributed by atoms with van der Waals surface area (Å²) >= 11 is 0. The van der Waals surface area contributed by atoms with E-state index < -0.39 is 5.60 Å². The number of phenolic OH excluding ortho intramolecular Hbond substituents is 1. The fourth-order valence-corrected chi connectivity index (χ4v) is 5.31. The van der Waals surface area contributed by atoms with Crippen molar-refractivity contribution >= 4 is 11.8 Å². The van der Waals surface area contributed by atoms with E-state index in [0.717, 1.165) is 36.9 Å². The third-order valence-electron chi connectivity index (χ3n) is 6.35. The lowest BCUT2D eigenvalue weighted by Gasteiger charge is -2.50. The second-order valence-electron chi connectivity index (χ2n) is 7.71. The van der Waals surface area contributed by atoms with Crippen LogP contribution in [-0.2, 0) is 10.3 Å². The van der Waals surface area contributed by atoms with Gasteiger partial charge in [0.25, 0.3) is 0 Å². The van der Waals surface area contributed by atoms with Gasteiger partial charge in [-0.2, -0.15) is 0 Å². The maximum Gasteiger partial charge on any atom is 0.412 e. The molecule has 1 heterocycles. The van der Waals surface area contributed by atoms with Crippen molar-refractivity contribution in [2.24, 2.45) is 11.8 Å². The minimum absolute atomic E-state index is 0.254. The normalized spacial score (nSPS) is 24.8. The molecule has 0 saturated heterocycles. The predicted octanol–water partition coefficient (Wildman–Crippen LogP) is 5.31. The second kappa shape index (κ2) is 6.30. The summed E-state index contributed by atoms with van der Waals surface area (Å²) in [7, 11) is 0. The van der Waals surface area contributed by atoms with E-state index in [0.29, 0.717) is 11.8 Å². The Morgan fingerprint density at radius 3 is 2.12 bits per heavy atom. The lowest BCUT2D eigenvalue weighted by atomic mass is 9.62. The van der Waals surface area contributed by atoms with Crippen molar-refractivity contribution in [1.29, 1.82) is 0 Å². The third-order valence-corrected chi connectivity index (χ3v) is 6.35. The first-order valence-corrected chi connectivity index (χ1v) is 9.53. The first kappa shape index (κ1) is 15.8. The van der Waals surface area contributed by atoms with Crippen molar-refractivity contribution in [1.82, 2.24) is 0 Å². The van der Waals surface area contributed by atoms with Crippen LogP contribution >= 0.6 is 0 Å². The highest BCUT2D eigenvalue weighted by molar-refractivity contribution is 5.89. The Kier molecular flexibility index (Phi) is 4.15. The summed E-state index contributed by atoms with van der Waals surface area (Å²) in [5.74, 6) is 0.978. The number of fused-ring (bicyclic) bond motifs is 1. The number of amides is 1. The Balaban J connectivity index is 1.85. The Morgan fingerprint density at radius 2 is 1.54 bits per heavy atom. The lowest BCUT2D eigenvalue weighted by molar-refractivity contribution is -0.104. The van der Waals surface area contributed by atoms with Crippen LogP contribution in [0.3, 0.4) is 0 Å². The Bertz CT molecular complexity index is 597. The number of carbonyl (C=O) groups is 1. The average molecular weight is 329 g/mol. The predicted molar refractivity (Wildman–Crippen MR) is 93.0 cm³/mol. The van der Waals surface area contributed by atoms with Crippen molar-refractivity contribution in [2.45, 2.75) is 69.8 Å². The first-order valence-electron chi connectivity index (χ1n) is 9.53. The van der Waals surface area contributed by atoms with Crippen LogP contribution in [0.15, 0.2) is 18.2 Å². The molecule has 0 unspecified atom stereocenters. The molecule has 130 valence electrons. The van der Waals surface area contributed by atoms with Gasteiger partial charge in [0, 0.05) is 17.4 Å². The maximum absolute atomic E-state index is 12.4. The topological polar surface area (TPSA) is 58.6 Å². The molecule has 0 bridgehead atoms. The molecule has 1 amide bonds. The van der Waals surface area contributed by atoms with Crippen LogP contribution in [-0.4, -0.2) is 11.2 Å². The molecule has 24 heavy (non-hydrogen) atoms. The van der Waals surface area contributed by atoms with Gasteiger partial charge in [-0.25, -0.2) is 4.79 Å². The molecule has 2 N–H and O–H groups in total. The Labute approximate surface area is 143 Å². The summed E-state index contributed by atoms with van der Waals surface area (Å²) in [6.45, 7) is 0. The number of nitrogens with one attached hydrogen (secondary N) is 1. The molecule has 1 aromatic carbocycles. The van der Waals surface area contributed by atoms with Gasteiger partial charge >= 0.3 is 6.09 Å². The Morgan fingerprint density at radius 1 is 0.958 bits per heavy atom. The van der Waals surface area contributed by atoms with Gasteiger partial charge in [0.15, 0.2) is 0 Å². The molecular formula is C20H27NO3. The highest BCUT2D eigenvalue weighted by Gasteiger charge is 2.53. The van der Waals surface area contributed by atoms with E-state index >= 15 is 0 Å². The highest BCUT2D eigenvalue weighted by atomic mass is 16.6. The molecule has 0 atom stereocenters. The number of aromatic hydroxyl groups is 1. The summed E-state index contributed by atoms with van der Waals surface area (Å²) in [6, 6.07) is 5.31. The molecule has 4 heteroatoms. The quantitative estimate of drug-likeness (QED) is 0.723. The SMILES string of the molecule is O=C1Nc2ccc(O)cc2C(C2CCCCC2)(C2CCCCC2)O1. The smallest absolute Gasteiger partial charge is 0.412 e. The van der Waals surface area contributed by atoms with Gasteiger partial charge in [0.1, 0.15) is 11.4 Å². The van der Waals surface area contributed by atoms with E-state index in [2.05, 4.69) is 5.32 Å². The van der Waals surface area contributed by atoms with E-state index in [-0.39, 0.29) is 11.8 Å². The van der Waals surface area contributed by atoms with Crippen molar-refractivity contribution in [2.75, 3.05) is 5.32 Å². The van der Waals surface area contributed by atoms with Gasteiger partial charge in [-0.1, -0.05) is 38.5 Å². The largest absolute Gasteiger partial charge is 0.508 e. The molecule has 2 aliphatic carbocycles. The molecule has 4 rings (SSSR count). The summed E-state index contributed by atoms with van der Waals surface area (Å²) in [5.41, 5.74) is 1.26. The van der Waals surface area contributed by atoms with Crippen LogP contribution in [0.4, 0.5) is 10.5 Å². The number of phenols is 1. The number of cyclic esters (lactones) is 1. The molecular weight excluding hydrogens is 302 g/mol. The molecule has 0 spiro atoms. The molecule has 0 aromatic heterocycles. The second-order valence-corrected chi connectivity index (χ2v) is 7.71. The van der Waals surface area contributed by atoms with Crippen LogP contribution in [0.1, 0.15) is 69.8 Å². The fourth-order valence-electron chi connectivity index (χ4n) is 5.31. The zero-order valence-electron chi connectivity index (χ0n) is 14.2. The first-order chi connectivity index (χ1) is 11.7. The van der Waals surface area contributed by atoms with Crippen molar-refractivity contribution < 1.29 is 14.6 Å². The summed E-state index contributed by atoms with van der Waals surface area (Å²) in [6.07, 6.45) is 11.5. The standard InChI is InChI=1S/C20H27NO3/c22-16-11-12-18-17(13-16)20(24-19(23)21-18,14-7-3-1-4-8-14)15-9-5-2-6-10-15/h11-15,22H,1-10H2,(H,21,23). The van der Waals surface area contributed by atoms with E-state index in [1.807, 2.05) is 12.1 Å².